The first kappa shape index (κ1) is 15.2. The van der Waals surface area contributed by atoms with Crippen molar-refractivity contribution in [2.75, 3.05) is 6.54 Å². The summed E-state index contributed by atoms with van der Waals surface area (Å²) in [5, 5.41) is 5.30. The van der Waals surface area contributed by atoms with Crippen LogP contribution in [0.15, 0.2) is 27.1 Å². The van der Waals surface area contributed by atoms with Gasteiger partial charge in [-0.1, -0.05) is 15.9 Å². The summed E-state index contributed by atoms with van der Waals surface area (Å²) in [4.78, 5) is 23.5. The van der Waals surface area contributed by atoms with Gasteiger partial charge >= 0.3 is 0 Å². The Bertz CT molecular complexity index is 463. The molecule has 1 unspecified atom stereocenters. The predicted molar refractivity (Wildman–Crippen MR) is 77.5 cm³/mol. The summed E-state index contributed by atoms with van der Waals surface area (Å²) in [5.74, 6) is -0.479. The van der Waals surface area contributed by atoms with Crippen LogP contribution < -0.4 is 10.6 Å². The molecule has 1 atom stereocenters. The number of hydrogen-bond acceptors (Lipinski definition) is 2. The zero-order valence-electron chi connectivity index (χ0n) is 10.1. The van der Waals surface area contributed by atoms with E-state index in [1.54, 1.807) is 25.1 Å². The molecule has 0 aliphatic rings. The van der Waals surface area contributed by atoms with Crippen LogP contribution in [0.2, 0.25) is 0 Å². The maximum atomic E-state index is 12.0. The molecule has 0 saturated heterocycles. The predicted octanol–water partition coefficient (Wildman–Crippen LogP) is 2.47. The van der Waals surface area contributed by atoms with Gasteiger partial charge in [-0.05, 0) is 48.0 Å². The fourth-order valence-corrected chi connectivity index (χ4v) is 2.57. The number of rotatable bonds is 4. The van der Waals surface area contributed by atoms with Crippen molar-refractivity contribution in [3.05, 3.63) is 32.7 Å². The maximum absolute atomic E-state index is 12.0. The Morgan fingerprint density at radius 3 is 2.56 bits per heavy atom. The van der Waals surface area contributed by atoms with E-state index in [1.165, 1.54) is 0 Å². The number of amides is 2. The van der Waals surface area contributed by atoms with Crippen LogP contribution in [0.25, 0.3) is 0 Å². The van der Waals surface area contributed by atoms with Crippen LogP contribution in [0.3, 0.4) is 0 Å². The third kappa shape index (κ3) is 4.10. The molecule has 0 bridgehead atoms. The fourth-order valence-electron chi connectivity index (χ4n) is 1.34. The summed E-state index contributed by atoms with van der Waals surface area (Å²) in [6.07, 6.45) is 0. The summed E-state index contributed by atoms with van der Waals surface area (Å²) in [7, 11) is 0. The van der Waals surface area contributed by atoms with Crippen LogP contribution in [0.4, 0.5) is 0 Å². The lowest BCUT2D eigenvalue weighted by atomic mass is 10.2. The van der Waals surface area contributed by atoms with Gasteiger partial charge in [0.05, 0.1) is 5.56 Å². The Morgan fingerprint density at radius 1 is 1.33 bits per heavy atom. The third-order valence-electron chi connectivity index (χ3n) is 2.27. The minimum absolute atomic E-state index is 0.195. The van der Waals surface area contributed by atoms with E-state index in [4.69, 9.17) is 0 Å². The monoisotopic (exact) mass is 376 g/mol. The number of likely N-dealkylation sites (N-methyl/N-ethyl adjacent to an activating group) is 1. The Hall–Kier alpha value is -0.880. The molecule has 6 heteroatoms. The fraction of sp³-hybridized carbons (Fsp3) is 0.333. The average molecular weight is 378 g/mol. The number of nitrogens with one attached hydrogen (secondary N) is 2. The van der Waals surface area contributed by atoms with Gasteiger partial charge in [-0.15, -0.1) is 0 Å². The molecule has 0 aliphatic carbocycles. The molecule has 0 radical (unpaired) electrons. The average Bonchev–Trinajstić information content (AvgIpc) is 2.28. The highest BCUT2D eigenvalue weighted by atomic mass is 79.9. The van der Waals surface area contributed by atoms with E-state index in [0.717, 1.165) is 4.47 Å². The van der Waals surface area contributed by atoms with Gasteiger partial charge in [-0.2, -0.15) is 0 Å². The molecule has 1 aromatic rings. The normalized spacial score (nSPS) is 11.8. The molecule has 0 spiro atoms. The SMILES string of the molecule is CCNC(=O)C(C)NC(=O)c1ccc(Br)cc1Br. The zero-order valence-corrected chi connectivity index (χ0v) is 13.3. The lowest BCUT2D eigenvalue weighted by Crippen LogP contribution is -2.44. The van der Waals surface area contributed by atoms with Gasteiger partial charge in [-0.25, -0.2) is 0 Å². The van der Waals surface area contributed by atoms with Crippen LogP contribution in [0.5, 0.6) is 0 Å². The van der Waals surface area contributed by atoms with Crippen molar-refractivity contribution >= 4 is 43.7 Å². The van der Waals surface area contributed by atoms with E-state index in [2.05, 4.69) is 42.5 Å². The highest BCUT2D eigenvalue weighted by molar-refractivity contribution is 9.11. The standard InChI is InChI=1S/C12H14Br2N2O2/c1-3-15-11(17)7(2)16-12(18)9-5-4-8(13)6-10(9)14/h4-7H,3H2,1-2H3,(H,15,17)(H,16,18). The molecule has 4 nitrogen and oxygen atoms in total. The molecule has 0 fully saturated rings. The van der Waals surface area contributed by atoms with Crippen molar-refractivity contribution in [1.82, 2.24) is 10.6 Å². The number of carbonyl (C=O) groups excluding carboxylic acids is 2. The second-order valence-electron chi connectivity index (χ2n) is 3.71. The molecule has 0 aliphatic heterocycles. The van der Waals surface area contributed by atoms with E-state index in [0.29, 0.717) is 16.6 Å². The van der Waals surface area contributed by atoms with Crippen LogP contribution in [-0.2, 0) is 4.79 Å². The smallest absolute Gasteiger partial charge is 0.253 e. The van der Waals surface area contributed by atoms with Crippen LogP contribution in [0.1, 0.15) is 24.2 Å². The summed E-state index contributed by atoms with van der Waals surface area (Å²) < 4.78 is 1.56. The van der Waals surface area contributed by atoms with Gasteiger partial charge in [0.25, 0.3) is 5.91 Å². The molecule has 0 aromatic heterocycles. The van der Waals surface area contributed by atoms with E-state index >= 15 is 0 Å². The summed E-state index contributed by atoms with van der Waals surface area (Å²) in [6.45, 7) is 4.02. The summed E-state index contributed by atoms with van der Waals surface area (Å²) in [5.41, 5.74) is 0.495. The van der Waals surface area contributed by atoms with Crippen LogP contribution >= 0.6 is 31.9 Å². The highest BCUT2D eigenvalue weighted by Crippen LogP contribution is 2.21. The molecular weight excluding hydrogens is 364 g/mol. The van der Waals surface area contributed by atoms with Crippen LogP contribution in [0, 0.1) is 0 Å². The minimum Gasteiger partial charge on any atom is -0.355 e. The van der Waals surface area contributed by atoms with Crippen molar-refractivity contribution in [2.45, 2.75) is 19.9 Å². The van der Waals surface area contributed by atoms with Crippen molar-refractivity contribution in [3.63, 3.8) is 0 Å². The molecule has 18 heavy (non-hydrogen) atoms. The van der Waals surface area contributed by atoms with E-state index < -0.39 is 6.04 Å². The Kier molecular flexibility index (Phi) is 5.81. The Balaban J connectivity index is 2.73. The topological polar surface area (TPSA) is 58.2 Å². The van der Waals surface area contributed by atoms with E-state index in [9.17, 15) is 9.59 Å². The minimum atomic E-state index is -0.562. The van der Waals surface area contributed by atoms with Gasteiger partial charge < -0.3 is 10.6 Å². The largest absolute Gasteiger partial charge is 0.355 e. The second-order valence-corrected chi connectivity index (χ2v) is 5.48. The molecule has 0 saturated carbocycles. The third-order valence-corrected chi connectivity index (χ3v) is 3.42. The van der Waals surface area contributed by atoms with Gasteiger partial charge in [0.1, 0.15) is 6.04 Å². The molecule has 1 aromatic carbocycles. The molecule has 98 valence electrons. The van der Waals surface area contributed by atoms with Crippen LogP contribution in [-0.4, -0.2) is 24.4 Å². The van der Waals surface area contributed by atoms with Gasteiger partial charge in [0, 0.05) is 15.5 Å². The number of hydrogen-bond donors (Lipinski definition) is 2. The van der Waals surface area contributed by atoms with Crippen molar-refractivity contribution in [3.8, 4) is 0 Å². The van der Waals surface area contributed by atoms with Crippen molar-refractivity contribution in [2.24, 2.45) is 0 Å². The highest BCUT2D eigenvalue weighted by Gasteiger charge is 2.17. The van der Waals surface area contributed by atoms with E-state index in [-0.39, 0.29) is 11.8 Å². The molecular formula is C12H14Br2N2O2. The van der Waals surface area contributed by atoms with Gasteiger partial charge in [0.15, 0.2) is 0 Å². The lowest BCUT2D eigenvalue weighted by molar-refractivity contribution is -0.122. The molecule has 0 heterocycles. The first-order valence-corrected chi connectivity index (χ1v) is 7.08. The van der Waals surface area contributed by atoms with Gasteiger partial charge in [-0.3, -0.25) is 9.59 Å². The Labute approximate surface area is 123 Å². The van der Waals surface area contributed by atoms with Crippen molar-refractivity contribution in [1.29, 1.82) is 0 Å². The molecule has 2 N–H and O–H groups in total. The van der Waals surface area contributed by atoms with E-state index in [1.807, 2.05) is 6.92 Å². The number of benzene rings is 1. The Morgan fingerprint density at radius 2 is 2.00 bits per heavy atom. The summed E-state index contributed by atoms with van der Waals surface area (Å²) in [6, 6.07) is 4.68. The lowest BCUT2D eigenvalue weighted by Gasteiger charge is -2.14. The molecule has 2 amide bonds. The first-order chi connectivity index (χ1) is 8.45. The van der Waals surface area contributed by atoms with Gasteiger partial charge in [0.2, 0.25) is 5.91 Å². The van der Waals surface area contributed by atoms with Crippen molar-refractivity contribution < 1.29 is 9.59 Å². The zero-order chi connectivity index (χ0) is 13.7. The quantitative estimate of drug-likeness (QED) is 0.846. The second kappa shape index (κ2) is 6.89. The number of halogens is 2. The summed E-state index contributed by atoms with van der Waals surface area (Å²) >= 11 is 6.63. The maximum Gasteiger partial charge on any atom is 0.253 e. The first-order valence-electron chi connectivity index (χ1n) is 5.49. The number of carbonyl (C=O) groups is 2. The molecule has 1 rings (SSSR count).